The Hall–Kier alpha value is -2.37. The number of anilines is 1. The van der Waals surface area contributed by atoms with E-state index in [1.807, 2.05) is 38.1 Å². The van der Waals surface area contributed by atoms with Crippen LogP contribution in [0.3, 0.4) is 0 Å². The van der Waals surface area contributed by atoms with E-state index in [9.17, 15) is 14.4 Å². The second kappa shape index (κ2) is 9.02. The number of carbonyl (C=O) groups is 3. The molecule has 2 N–H and O–H groups in total. The quantitative estimate of drug-likeness (QED) is 0.771. The zero-order chi connectivity index (χ0) is 20.0. The molecule has 2 rings (SSSR count). The van der Waals surface area contributed by atoms with E-state index in [1.54, 1.807) is 6.92 Å². The lowest BCUT2D eigenvalue weighted by Crippen LogP contribution is -2.61. The molecule has 1 saturated carbocycles. The van der Waals surface area contributed by atoms with Crippen LogP contribution in [0.1, 0.15) is 58.4 Å². The lowest BCUT2D eigenvalue weighted by molar-refractivity contribution is -0.130. The summed E-state index contributed by atoms with van der Waals surface area (Å²) in [6.07, 6.45) is 4.67. The maximum absolute atomic E-state index is 13.2. The van der Waals surface area contributed by atoms with Gasteiger partial charge in [-0.15, -0.1) is 0 Å². The Morgan fingerprint density at radius 2 is 1.74 bits per heavy atom. The van der Waals surface area contributed by atoms with Gasteiger partial charge >= 0.3 is 0 Å². The predicted molar refractivity (Wildman–Crippen MR) is 106 cm³/mol. The first kappa shape index (κ1) is 20.9. The van der Waals surface area contributed by atoms with Gasteiger partial charge < -0.3 is 10.6 Å². The van der Waals surface area contributed by atoms with Gasteiger partial charge in [0.1, 0.15) is 5.54 Å². The highest BCUT2D eigenvalue weighted by molar-refractivity contribution is 6.04. The molecule has 0 saturated heterocycles. The van der Waals surface area contributed by atoms with Crippen LogP contribution in [-0.2, 0) is 14.4 Å². The zero-order valence-electron chi connectivity index (χ0n) is 16.8. The van der Waals surface area contributed by atoms with Crippen molar-refractivity contribution < 1.29 is 14.4 Å². The lowest BCUT2D eigenvalue weighted by Gasteiger charge is -2.40. The first-order chi connectivity index (χ1) is 12.8. The van der Waals surface area contributed by atoms with Crippen molar-refractivity contribution >= 4 is 23.4 Å². The highest BCUT2D eigenvalue weighted by Gasteiger charge is 2.42. The topological polar surface area (TPSA) is 78.5 Å². The highest BCUT2D eigenvalue weighted by atomic mass is 16.2. The summed E-state index contributed by atoms with van der Waals surface area (Å²) in [4.78, 5) is 39.0. The summed E-state index contributed by atoms with van der Waals surface area (Å²) >= 11 is 0. The Morgan fingerprint density at radius 3 is 2.26 bits per heavy atom. The minimum Gasteiger partial charge on any atom is -0.351 e. The van der Waals surface area contributed by atoms with Crippen LogP contribution in [0.2, 0.25) is 0 Å². The maximum atomic E-state index is 13.2. The number of aryl methyl sites for hydroxylation is 1. The number of hydrogen-bond acceptors (Lipinski definition) is 3. The molecule has 6 heteroatoms. The van der Waals surface area contributed by atoms with Gasteiger partial charge in [-0.1, -0.05) is 37.5 Å². The van der Waals surface area contributed by atoms with Crippen LogP contribution >= 0.6 is 0 Å². The Morgan fingerprint density at radius 1 is 1.15 bits per heavy atom. The minimum absolute atomic E-state index is 0.143. The standard InChI is InChI=1S/C21H31N3O3/c1-5-21(4,20(27)23-17-8-6-7-9-17)24(19(26)14-22-16(3)25)18-12-10-15(2)11-13-18/h10-13,17H,5-9,14H2,1-4H3,(H,22,25)(H,23,27)/t21-/m1/s1. The van der Waals surface area contributed by atoms with Crippen molar-refractivity contribution in [3.8, 4) is 0 Å². The minimum atomic E-state index is -1.03. The maximum Gasteiger partial charge on any atom is 0.247 e. The summed E-state index contributed by atoms with van der Waals surface area (Å²) in [7, 11) is 0. The van der Waals surface area contributed by atoms with Gasteiger partial charge in [0.05, 0.1) is 6.54 Å². The smallest absolute Gasteiger partial charge is 0.247 e. The van der Waals surface area contributed by atoms with E-state index in [1.165, 1.54) is 11.8 Å². The fourth-order valence-electron chi connectivity index (χ4n) is 3.51. The fourth-order valence-corrected chi connectivity index (χ4v) is 3.51. The van der Waals surface area contributed by atoms with E-state index < -0.39 is 5.54 Å². The number of rotatable bonds is 7. The molecule has 148 valence electrons. The normalized spacial score (nSPS) is 16.4. The fraction of sp³-hybridized carbons (Fsp3) is 0.571. The highest BCUT2D eigenvalue weighted by Crippen LogP contribution is 2.29. The molecule has 1 aromatic carbocycles. The van der Waals surface area contributed by atoms with E-state index in [2.05, 4.69) is 10.6 Å². The lowest BCUT2D eigenvalue weighted by atomic mass is 9.93. The van der Waals surface area contributed by atoms with E-state index in [0.717, 1.165) is 31.2 Å². The van der Waals surface area contributed by atoms with Crippen LogP contribution in [0, 0.1) is 6.92 Å². The van der Waals surface area contributed by atoms with Crippen molar-refractivity contribution in [1.29, 1.82) is 0 Å². The Balaban J connectivity index is 2.34. The summed E-state index contributed by atoms with van der Waals surface area (Å²) in [5.41, 5.74) is 0.691. The van der Waals surface area contributed by atoms with Crippen LogP contribution < -0.4 is 15.5 Å². The van der Waals surface area contributed by atoms with Crippen LogP contribution in [0.5, 0.6) is 0 Å². The molecule has 1 aliphatic carbocycles. The van der Waals surface area contributed by atoms with Gasteiger partial charge in [-0.3, -0.25) is 19.3 Å². The SMILES string of the molecule is CC[C@](C)(C(=O)NC1CCCC1)N(C(=O)CNC(C)=O)c1ccc(C)cc1. The number of amides is 3. The Kier molecular flexibility index (Phi) is 6.99. The monoisotopic (exact) mass is 373 g/mol. The van der Waals surface area contributed by atoms with Gasteiger partial charge in [0.2, 0.25) is 17.7 Å². The molecule has 0 heterocycles. The Bertz CT molecular complexity index is 680. The zero-order valence-corrected chi connectivity index (χ0v) is 16.8. The van der Waals surface area contributed by atoms with Gasteiger partial charge in [0, 0.05) is 18.7 Å². The van der Waals surface area contributed by atoms with Crippen LogP contribution in [-0.4, -0.2) is 35.8 Å². The third kappa shape index (κ3) is 5.08. The summed E-state index contributed by atoms with van der Waals surface area (Å²) < 4.78 is 0. The van der Waals surface area contributed by atoms with Crippen LogP contribution in [0.4, 0.5) is 5.69 Å². The molecule has 3 amide bonds. The van der Waals surface area contributed by atoms with E-state index in [0.29, 0.717) is 12.1 Å². The summed E-state index contributed by atoms with van der Waals surface area (Å²) in [5.74, 6) is -0.727. The molecule has 0 bridgehead atoms. The van der Waals surface area contributed by atoms with Crippen molar-refractivity contribution in [3.63, 3.8) is 0 Å². The van der Waals surface area contributed by atoms with E-state index in [-0.39, 0.29) is 30.3 Å². The first-order valence-electron chi connectivity index (χ1n) is 9.73. The second-order valence-corrected chi connectivity index (χ2v) is 7.56. The molecule has 0 spiro atoms. The predicted octanol–water partition coefficient (Wildman–Crippen LogP) is 2.69. The average molecular weight is 373 g/mol. The Labute approximate surface area is 161 Å². The number of carbonyl (C=O) groups excluding carboxylic acids is 3. The second-order valence-electron chi connectivity index (χ2n) is 7.56. The third-order valence-electron chi connectivity index (χ3n) is 5.39. The van der Waals surface area contributed by atoms with Crippen molar-refractivity contribution in [2.24, 2.45) is 0 Å². The molecule has 1 aromatic rings. The third-order valence-corrected chi connectivity index (χ3v) is 5.39. The van der Waals surface area contributed by atoms with Crippen molar-refractivity contribution in [2.75, 3.05) is 11.4 Å². The summed E-state index contributed by atoms with van der Waals surface area (Å²) in [6, 6.07) is 7.70. The molecule has 1 fully saturated rings. The summed E-state index contributed by atoms with van der Waals surface area (Å²) in [6.45, 7) is 6.90. The molecular weight excluding hydrogens is 342 g/mol. The van der Waals surface area contributed by atoms with E-state index in [4.69, 9.17) is 0 Å². The van der Waals surface area contributed by atoms with Gasteiger partial charge in [0.15, 0.2) is 0 Å². The molecule has 1 aliphatic rings. The summed E-state index contributed by atoms with van der Waals surface area (Å²) in [5, 5.41) is 5.68. The number of hydrogen-bond donors (Lipinski definition) is 2. The largest absolute Gasteiger partial charge is 0.351 e. The van der Waals surface area contributed by atoms with Gasteiger partial charge in [-0.05, 0) is 45.2 Å². The first-order valence-corrected chi connectivity index (χ1v) is 9.73. The molecule has 0 radical (unpaired) electrons. The van der Waals surface area contributed by atoms with Crippen molar-refractivity contribution in [2.45, 2.75) is 71.4 Å². The number of nitrogens with one attached hydrogen (secondary N) is 2. The van der Waals surface area contributed by atoms with Gasteiger partial charge in [-0.2, -0.15) is 0 Å². The number of nitrogens with zero attached hydrogens (tertiary/aromatic N) is 1. The molecular formula is C21H31N3O3. The molecule has 27 heavy (non-hydrogen) atoms. The van der Waals surface area contributed by atoms with Gasteiger partial charge in [0.25, 0.3) is 0 Å². The molecule has 1 atom stereocenters. The molecule has 0 aromatic heterocycles. The number of benzene rings is 1. The van der Waals surface area contributed by atoms with Crippen LogP contribution in [0.25, 0.3) is 0 Å². The van der Waals surface area contributed by atoms with E-state index >= 15 is 0 Å². The average Bonchev–Trinajstić information content (AvgIpc) is 3.14. The molecule has 6 nitrogen and oxygen atoms in total. The van der Waals surface area contributed by atoms with Gasteiger partial charge in [-0.25, -0.2) is 0 Å². The molecule has 0 aliphatic heterocycles. The van der Waals surface area contributed by atoms with Crippen molar-refractivity contribution in [1.82, 2.24) is 10.6 Å². The molecule has 0 unspecified atom stereocenters. The van der Waals surface area contributed by atoms with Crippen LogP contribution in [0.15, 0.2) is 24.3 Å². The van der Waals surface area contributed by atoms with Crippen molar-refractivity contribution in [3.05, 3.63) is 29.8 Å².